The number of carbonyl (C=O) groups excluding carboxylic acids is 1. The summed E-state index contributed by atoms with van der Waals surface area (Å²) in [6, 6.07) is 10.3. The number of nitrogens with zero attached hydrogens (tertiary/aromatic N) is 2. The van der Waals surface area contributed by atoms with Crippen molar-refractivity contribution in [3.63, 3.8) is 0 Å². The summed E-state index contributed by atoms with van der Waals surface area (Å²) < 4.78 is 0. The molecule has 0 atom stereocenters. The molecule has 5 heteroatoms. The smallest absolute Gasteiger partial charge is 0.257 e. The average molecular weight is 276 g/mol. The van der Waals surface area contributed by atoms with Crippen molar-refractivity contribution in [2.24, 2.45) is 5.73 Å². The molecule has 102 valence electrons. The minimum atomic E-state index is -0.311. The van der Waals surface area contributed by atoms with Gasteiger partial charge in [0.2, 0.25) is 0 Å². The van der Waals surface area contributed by atoms with Crippen molar-refractivity contribution in [3.8, 4) is 17.9 Å². The first-order valence-electron chi connectivity index (χ1n) is 6.19. The Bertz CT molecular complexity index is 766. The molecular weight excluding hydrogens is 264 g/mol. The largest absolute Gasteiger partial charge is 0.322 e. The van der Waals surface area contributed by atoms with Crippen LogP contribution in [0.4, 0.5) is 5.69 Å². The van der Waals surface area contributed by atoms with Gasteiger partial charge in [-0.1, -0.05) is 17.9 Å². The van der Waals surface area contributed by atoms with Crippen molar-refractivity contribution in [2.75, 3.05) is 11.9 Å². The Balaban J connectivity index is 2.26. The fraction of sp³-hybridized carbons (Fsp3) is 0.0625. The van der Waals surface area contributed by atoms with Crippen LogP contribution in [-0.2, 0) is 0 Å². The molecule has 1 heterocycles. The molecule has 0 bridgehead atoms. The zero-order valence-corrected chi connectivity index (χ0v) is 11.1. The number of nitrogens with one attached hydrogen (secondary N) is 1. The van der Waals surface area contributed by atoms with Crippen molar-refractivity contribution in [1.82, 2.24) is 4.98 Å². The van der Waals surface area contributed by atoms with Gasteiger partial charge in [0.1, 0.15) is 0 Å². The van der Waals surface area contributed by atoms with Crippen LogP contribution in [0.2, 0.25) is 0 Å². The summed E-state index contributed by atoms with van der Waals surface area (Å²) >= 11 is 0. The minimum Gasteiger partial charge on any atom is -0.322 e. The van der Waals surface area contributed by atoms with E-state index in [0.717, 1.165) is 0 Å². The van der Waals surface area contributed by atoms with Gasteiger partial charge in [0.05, 0.1) is 29.3 Å². The molecule has 0 aliphatic carbocycles. The molecule has 0 aliphatic rings. The maximum atomic E-state index is 12.3. The van der Waals surface area contributed by atoms with Gasteiger partial charge in [-0.3, -0.25) is 9.78 Å². The highest BCUT2D eigenvalue weighted by Crippen LogP contribution is 2.13. The molecule has 2 aromatic rings. The second-order valence-electron chi connectivity index (χ2n) is 4.07. The lowest BCUT2D eigenvalue weighted by Gasteiger charge is -2.06. The fourth-order valence-corrected chi connectivity index (χ4v) is 1.70. The van der Waals surface area contributed by atoms with Gasteiger partial charge >= 0.3 is 0 Å². The van der Waals surface area contributed by atoms with E-state index in [1.165, 1.54) is 12.4 Å². The lowest BCUT2D eigenvalue weighted by molar-refractivity contribution is 0.102. The molecule has 1 amide bonds. The van der Waals surface area contributed by atoms with E-state index in [9.17, 15) is 4.79 Å². The highest BCUT2D eigenvalue weighted by Gasteiger charge is 2.10. The van der Waals surface area contributed by atoms with Crippen LogP contribution >= 0.6 is 0 Å². The first-order chi connectivity index (χ1) is 10.2. The van der Waals surface area contributed by atoms with E-state index in [2.05, 4.69) is 22.1 Å². The molecule has 1 aromatic carbocycles. The van der Waals surface area contributed by atoms with Crippen molar-refractivity contribution >= 4 is 11.6 Å². The minimum absolute atomic E-state index is 0.209. The quantitative estimate of drug-likeness (QED) is 0.813. The van der Waals surface area contributed by atoms with E-state index in [4.69, 9.17) is 11.0 Å². The van der Waals surface area contributed by atoms with Crippen LogP contribution in [0.3, 0.4) is 0 Å². The lowest BCUT2D eigenvalue weighted by Crippen LogP contribution is -2.13. The van der Waals surface area contributed by atoms with Crippen LogP contribution in [0.25, 0.3) is 0 Å². The Morgan fingerprint density at radius 2 is 2.24 bits per heavy atom. The molecule has 1 aromatic heterocycles. The molecule has 5 nitrogen and oxygen atoms in total. The molecule has 0 spiro atoms. The van der Waals surface area contributed by atoms with Gasteiger partial charge in [0.25, 0.3) is 5.91 Å². The summed E-state index contributed by atoms with van der Waals surface area (Å²) in [7, 11) is 0. The normalized spacial score (nSPS) is 9.14. The summed E-state index contributed by atoms with van der Waals surface area (Å²) in [4.78, 5) is 16.2. The highest BCUT2D eigenvalue weighted by molar-refractivity contribution is 6.05. The highest BCUT2D eigenvalue weighted by atomic mass is 16.1. The Hall–Kier alpha value is -3.15. The van der Waals surface area contributed by atoms with Crippen molar-refractivity contribution in [2.45, 2.75) is 0 Å². The van der Waals surface area contributed by atoms with Crippen LogP contribution in [0.15, 0.2) is 42.7 Å². The van der Waals surface area contributed by atoms with Gasteiger partial charge in [-0.05, 0) is 24.3 Å². The summed E-state index contributed by atoms with van der Waals surface area (Å²) in [5.74, 6) is 5.20. The Morgan fingerprint density at radius 1 is 1.38 bits per heavy atom. The number of hydrogen-bond donors (Lipinski definition) is 2. The topological polar surface area (TPSA) is 91.8 Å². The maximum Gasteiger partial charge on any atom is 0.257 e. The first kappa shape index (κ1) is 14.3. The monoisotopic (exact) mass is 276 g/mol. The number of nitrogens with two attached hydrogens (primary N) is 1. The average Bonchev–Trinajstić information content (AvgIpc) is 2.53. The second-order valence-corrected chi connectivity index (χ2v) is 4.07. The summed E-state index contributed by atoms with van der Waals surface area (Å²) in [6.07, 6.45) is 3.04. The van der Waals surface area contributed by atoms with Crippen LogP contribution in [0.1, 0.15) is 21.5 Å². The van der Waals surface area contributed by atoms with E-state index >= 15 is 0 Å². The Labute approximate surface area is 122 Å². The predicted octanol–water partition coefficient (Wildman–Crippen LogP) is 1.52. The molecule has 0 aliphatic heterocycles. The predicted molar refractivity (Wildman–Crippen MR) is 79.3 cm³/mol. The molecule has 2 rings (SSSR count). The van der Waals surface area contributed by atoms with Gasteiger partial charge < -0.3 is 11.1 Å². The number of nitriles is 1. The number of aromatic nitrogens is 1. The molecular formula is C16H12N4O. The Kier molecular flexibility index (Phi) is 4.66. The number of hydrogen-bond acceptors (Lipinski definition) is 4. The van der Waals surface area contributed by atoms with Gasteiger partial charge in [0.15, 0.2) is 0 Å². The van der Waals surface area contributed by atoms with Gasteiger partial charge in [-0.15, -0.1) is 0 Å². The van der Waals surface area contributed by atoms with Crippen LogP contribution in [0, 0.1) is 23.2 Å². The SMILES string of the molecule is N#Cc1cccc(NC(=O)c2ccncc2C#CCN)c1. The molecule has 0 radical (unpaired) electrons. The number of benzene rings is 1. The standard InChI is InChI=1S/C16H12N4O/c17-7-2-4-13-11-19-8-6-15(13)16(21)20-14-5-1-3-12(9-14)10-18/h1,3,5-6,8-9,11H,7,17H2,(H,20,21). The molecule has 0 unspecified atom stereocenters. The van der Waals surface area contributed by atoms with E-state index in [0.29, 0.717) is 22.4 Å². The second kappa shape index (κ2) is 6.85. The maximum absolute atomic E-state index is 12.3. The zero-order valence-electron chi connectivity index (χ0n) is 11.1. The molecule has 0 saturated heterocycles. The van der Waals surface area contributed by atoms with Crippen molar-refractivity contribution in [3.05, 3.63) is 59.4 Å². The van der Waals surface area contributed by atoms with Gasteiger partial charge in [0, 0.05) is 18.1 Å². The van der Waals surface area contributed by atoms with Gasteiger partial charge in [-0.25, -0.2) is 0 Å². The third kappa shape index (κ3) is 3.66. The number of carbonyl (C=O) groups is 1. The van der Waals surface area contributed by atoms with Crippen LogP contribution < -0.4 is 11.1 Å². The molecule has 0 fully saturated rings. The summed E-state index contributed by atoms with van der Waals surface area (Å²) in [5.41, 5.74) is 7.28. The van der Waals surface area contributed by atoms with E-state index in [1.807, 2.05) is 6.07 Å². The van der Waals surface area contributed by atoms with Crippen LogP contribution in [-0.4, -0.2) is 17.4 Å². The number of pyridine rings is 1. The fourth-order valence-electron chi connectivity index (χ4n) is 1.70. The number of amides is 1. The summed E-state index contributed by atoms with van der Waals surface area (Å²) in [5, 5.41) is 11.6. The summed E-state index contributed by atoms with van der Waals surface area (Å²) in [6.45, 7) is 0.209. The number of anilines is 1. The zero-order chi connectivity index (χ0) is 15.1. The number of rotatable bonds is 2. The lowest BCUT2D eigenvalue weighted by atomic mass is 10.1. The van der Waals surface area contributed by atoms with Gasteiger partial charge in [-0.2, -0.15) is 5.26 Å². The third-order valence-corrected chi connectivity index (χ3v) is 2.64. The third-order valence-electron chi connectivity index (χ3n) is 2.64. The first-order valence-corrected chi connectivity index (χ1v) is 6.19. The van der Waals surface area contributed by atoms with E-state index in [1.54, 1.807) is 30.3 Å². The molecule has 0 saturated carbocycles. The van der Waals surface area contributed by atoms with Crippen molar-refractivity contribution in [1.29, 1.82) is 5.26 Å². The van der Waals surface area contributed by atoms with E-state index < -0.39 is 0 Å². The van der Waals surface area contributed by atoms with Crippen LogP contribution in [0.5, 0.6) is 0 Å². The molecule has 21 heavy (non-hydrogen) atoms. The Morgan fingerprint density at radius 3 is 3.00 bits per heavy atom. The van der Waals surface area contributed by atoms with E-state index in [-0.39, 0.29) is 12.5 Å². The molecule has 3 N–H and O–H groups in total. The van der Waals surface area contributed by atoms with Crippen molar-refractivity contribution < 1.29 is 4.79 Å².